The fourth-order valence-corrected chi connectivity index (χ4v) is 3.99. The minimum Gasteiger partial charge on any atom is -0.491 e. The van der Waals surface area contributed by atoms with Crippen molar-refractivity contribution in [3.63, 3.8) is 0 Å². The molecule has 2 atom stereocenters. The molecule has 0 saturated carbocycles. The minimum atomic E-state index is -0.899. The van der Waals surface area contributed by atoms with Gasteiger partial charge >= 0.3 is 0 Å². The average molecular weight is 424 g/mol. The van der Waals surface area contributed by atoms with Gasteiger partial charge in [0.25, 0.3) is 5.56 Å². The predicted molar refractivity (Wildman–Crippen MR) is 113 cm³/mol. The lowest BCUT2D eigenvalue weighted by molar-refractivity contribution is 0.403. The van der Waals surface area contributed by atoms with Crippen molar-refractivity contribution in [3.05, 3.63) is 93.7 Å². The highest BCUT2D eigenvalue weighted by atomic mass is 19.1. The molecule has 8 heteroatoms. The molecule has 1 aromatic carbocycles. The molecule has 0 amide bonds. The molecule has 1 aliphatic rings. The number of amidine groups is 1. The Morgan fingerprint density at radius 1 is 1.16 bits per heavy atom. The number of rotatable bonds is 5. The SMILES string of the molecule is CCn1cc(C2=N[C@@H](C)[C@](c3ccc(F)cc3)(c3ccc(F)nc3)N2)cc(OC)c1=O. The topological polar surface area (TPSA) is 68.5 Å². The second kappa shape index (κ2) is 7.94. The van der Waals surface area contributed by atoms with E-state index in [-0.39, 0.29) is 23.2 Å². The van der Waals surface area contributed by atoms with E-state index in [9.17, 15) is 13.6 Å². The van der Waals surface area contributed by atoms with Crippen molar-refractivity contribution in [2.45, 2.75) is 32.0 Å². The van der Waals surface area contributed by atoms with Crippen LogP contribution in [0.3, 0.4) is 0 Å². The molecule has 3 aromatic rings. The van der Waals surface area contributed by atoms with Crippen LogP contribution in [0.4, 0.5) is 8.78 Å². The number of nitrogens with zero attached hydrogens (tertiary/aromatic N) is 3. The van der Waals surface area contributed by atoms with Crippen molar-refractivity contribution in [2.24, 2.45) is 4.99 Å². The Hall–Kier alpha value is -3.55. The molecule has 0 bridgehead atoms. The van der Waals surface area contributed by atoms with Gasteiger partial charge in [0.15, 0.2) is 5.75 Å². The molecule has 1 aliphatic heterocycles. The highest BCUT2D eigenvalue weighted by Crippen LogP contribution is 2.38. The molecule has 1 N–H and O–H groups in total. The van der Waals surface area contributed by atoms with Crippen molar-refractivity contribution in [1.82, 2.24) is 14.9 Å². The number of hydrogen-bond donors (Lipinski definition) is 1. The first-order valence-electron chi connectivity index (χ1n) is 9.92. The number of ether oxygens (including phenoxy) is 1. The summed E-state index contributed by atoms with van der Waals surface area (Å²) in [6.45, 7) is 4.25. The number of hydrogen-bond acceptors (Lipinski definition) is 5. The summed E-state index contributed by atoms with van der Waals surface area (Å²) in [5, 5.41) is 3.46. The van der Waals surface area contributed by atoms with Crippen LogP contribution < -0.4 is 15.6 Å². The van der Waals surface area contributed by atoms with Gasteiger partial charge in [-0.1, -0.05) is 18.2 Å². The van der Waals surface area contributed by atoms with Gasteiger partial charge in [-0.3, -0.25) is 9.79 Å². The molecule has 2 aromatic heterocycles. The van der Waals surface area contributed by atoms with Crippen molar-refractivity contribution in [3.8, 4) is 5.75 Å². The lowest BCUT2D eigenvalue weighted by atomic mass is 9.79. The molecule has 0 fully saturated rings. The van der Waals surface area contributed by atoms with Crippen LogP contribution in [0.25, 0.3) is 0 Å². The van der Waals surface area contributed by atoms with Gasteiger partial charge in [-0.15, -0.1) is 0 Å². The Bertz CT molecular complexity index is 1110. The lowest BCUT2D eigenvalue weighted by Crippen LogP contribution is -2.48. The summed E-state index contributed by atoms with van der Waals surface area (Å²) < 4.78 is 34.0. The van der Waals surface area contributed by atoms with Gasteiger partial charge in [0.05, 0.1) is 13.2 Å². The Balaban J connectivity index is 1.86. The summed E-state index contributed by atoms with van der Waals surface area (Å²) in [5.41, 5.74) is 0.980. The predicted octanol–water partition coefficient (Wildman–Crippen LogP) is 3.23. The zero-order chi connectivity index (χ0) is 22.2. The summed E-state index contributed by atoms with van der Waals surface area (Å²) in [4.78, 5) is 21.0. The van der Waals surface area contributed by atoms with Crippen LogP contribution >= 0.6 is 0 Å². The van der Waals surface area contributed by atoms with Gasteiger partial charge < -0.3 is 14.6 Å². The van der Waals surface area contributed by atoms with Gasteiger partial charge in [0.1, 0.15) is 17.2 Å². The van der Waals surface area contributed by atoms with Gasteiger partial charge in [-0.05, 0) is 43.7 Å². The normalized spacial score (nSPS) is 20.3. The number of nitrogens with one attached hydrogen (secondary N) is 1. The molecule has 0 aliphatic carbocycles. The third kappa shape index (κ3) is 3.48. The van der Waals surface area contributed by atoms with Crippen LogP contribution in [0.1, 0.15) is 30.5 Å². The summed E-state index contributed by atoms with van der Waals surface area (Å²) in [6, 6.07) is 10.3. The Morgan fingerprint density at radius 3 is 2.48 bits per heavy atom. The smallest absolute Gasteiger partial charge is 0.292 e. The maximum atomic E-state index is 13.6. The number of pyridine rings is 2. The summed E-state index contributed by atoms with van der Waals surface area (Å²) in [5.74, 6) is -0.201. The van der Waals surface area contributed by atoms with E-state index in [1.54, 1.807) is 35.0 Å². The zero-order valence-electron chi connectivity index (χ0n) is 17.4. The van der Waals surface area contributed by atoms with Gasteiger partial charge in [-0.25, -0.2) is 9.37 Å². The monoisotopic (exact) mass is 424 g/mol. The average Bonchev–Trinajstić information content (AvgIpc) is 3.13. The molecule has 0 spiro atoms. The van der Waals surface area contributed by atoms with Crippen LogP contribution in [0.2, 0.25) is 0 Å². The number of aromatic nitrogens is 2. The van der Waals surface area contributed by atoms with E-state index in [0.29, 0.717) is 23.5 Å². The van der Waals surface area contributed by atoms with E-state index >= 15 is 0 Å². The molecule has 0 saturated heterocycles. The van der Waals surface area contributed by atoms with E-state index in [4.69, 9.17) is 9.73 Å². The second-order valence-electron chi connectivity index (χ2n) is 7.35. The van der Waals surface area contributed by atoms with Crippen molar-refractivity contribution in [2.75, 3.05) is 7.11 Å². The van der Waals surface area contributed by atoms with Crippen molar-refractivity contribution < 1.29 is 13.5 Å². The quantitative estimate of drug-likeness (QED) is 0.639. The second-order valence-corrected chi connectivity index (χ2v) is 7.35. The van der Waals surface area contributed by atoms with E-state index < -0.39 is 11.5 Å². The largest absolute Gasteiger partial charge is 0.491 e. The molecule has 160 valence electrons. The van der Waals surface area contributed by atoms with E-state index in [1.165, 1.54) is 31.5 Å². The molecule has 0 unspecified atom stereocenters. The van der Waals surface area contributed by atoms with Crippen LogP contribution in [-0.4, -0.2) is 28.5 Å². The third-order valence-corrected chi connectivity index (χ3v) is 5.63. The molecule has 0 radical (unpaired) electrons. The first kappa shape index (κ1) is 20.7. The highest BCUT2D eigenvalue weighted by molar-refractivity contribution is 6.01. The fourth-order valence-electron chi connectivity index (χ4n) is 3.99. The summed E-state index contributed by atoms with van der Waals surface area (Å²) >= 11 is 0. The van der Waals surface area contributed by atoms with Crippen LogP contribution in [0, 0.1) is 11.8 Å². The Morgan fingerprint density at radius 2 is 1.87 bits per heavy atom. The third-order valence-electron chi connectivity index (χ3n) is 5.63. The van der Waals surface area contributed by atoms with Gasteiger partial charge in [0.2, 0.25) is 5.95 Å². The van der Waals surface area contributed by atoms with Crippen LogP contribution in [0.5, 0.6) is 5.75 Å². The molecule has 4 rings (SSSR count). The molecule has 31 heavy (non-hydrogen) atoms. The Kier molecular flexibility index (Phi) is 5.31. The molecular weight excluding hydrogens is 402 g/mol. The summed E-state index contributed by atoms with van der Waals surface area (Å²) in [7, 11) is 1.44. The van der Waals surface area contributed by atoms with Gasteiger partial charge in [0, 0.05) is 30.1 Å². The maximum Gasteiger partial charge on any atom is 0.292 e. The van der Waals surface area contributed by atoms with Crippen LogP contribution in [-0.2, 0) is 12.1 Å². The van der Waals surface area contributed by atoms with Gasteiger partial charge in [-0.2, -0.15) is 4.39 Å². The molecule has 3 heterocycles. The van der Waals surface area contributed by atoms with E-state index in [0.717, 1.165) is 5.56 Å². The number of methoxy groups -OCH3 is 1. The summed E-state index contributed by atoms with van der Waals surface area (Å²) in [6.07, 6.45) is 3.17. The van der Waals surface area contributed by atoms with Crippen molar-refractivity contribution in [1.29, 1.82) is 0 Å². The zero-order valence-corrected chi connectivity index (χ0v) is 17.4. The van der Waals surface area contributed by atoms with E-state index in [2.05, 4.69) is 10.3 Å². The van der Waals surface area contributed by atoms with E-state index in [1.807, 2.05) is 13.8 Å². The van der Waals surface area contributed by atoms with Crippen LogP contribution in [0.15, 0.2) is 64.6 Å². The maximum absolute atomic E-state index is 13.6. The number of aryl methyl sites for hydroxylation is 1. The Labute approximate surface area is 178 Å². The number of halogens is 2. The first-order chi connectivity index (χ1) is 14.9. The fraction of sp³-hybridized carbons (Fsp3) is 0.261. The molecular formula is C23H22F2N4O2. The standard InChI is InChI=1S/C23H22F2N4O2/c1-4-29-13-15(11-19(31-3)22(29)30)21-27-14(2)23(28-21,16-5-8-18(24)9-6-16)17-7-10-20(25)26-12-17/h5-14H,4H2,1-3H3,(H,27,28)/t14-,23-/m0/s1. The van der Waals surface area contributed by atoms with Crippen molar-refractivity contribution >= 4 is 5.84 Å². The first-order valence-corrected chi connectivity index (χ1v) is 9.92. The molecule has 6 nitrogen and oxygen atoms in total. The number of benzene rings is 1. The minimum absolute atomic E-state index is 0.208. The highest BCUT2D eigenvalue weighted by Gasteiger charge is 2.45. The lowest BCUT2D eigenvalue weighted by Gasteiger charge is -2.34. The number of aliphatic imine (C=N–C) groups is 1.